The van der Waals surface area contributed by atoms with Crippen LogP contribution >= 0.6 is 0 Å². The summed E-state index contributed by atoms with van der Waals surface area (Å²) in [4.78, 5) is 23.4. The van der Waals surface area contributed by atoms with Crippen LogP contribution in [-0.4, -0.2) is 17.1 Å². The zero-order valence-electron chi connectivity index (χ0n) is 10.4. The van der Waals surface area contributed by atoms with Crippen molar-refractivity contribution in [1.82, 2.24) is 5.32 Å². The number of halogens is 1. The molecule has 0 aliphatic rings. The lowest BCUT2D eigenvalue weighted by Crippen LogP contribution is -2.33. The minimum Gasteiger partial charge on any atom is -0.505 e. The second-order valence-corrected chi connectivity index (χ2v) is 4.42. The molecule has 5 nitrogen and oxygen atoms in total. The fourth-order valence-corrected chi connectivity index (χ4v) is 1.63. The largest absolute Gasteiger partial charge is 0.505 e. The average molecular weight is 265 g/mol. The van der Waals surface area contributed by atoms with Crippen molar-refractivity contribution in [2.45, 2.75) is 19.9 Å². The molecule has 0 bridgehead atoms. The number of amides is 1. The lowest BCUT2D eigenvalue weighted by atomic mass is 10.1. The van der Waals surface area contributed by atoms with E-state index >= 15 is 0 Å². The number of benzene rings is 1. The van der Waals surface area contributed by atoms with Crippen molar-refractivity contribution < 1.29 is 18.7 Å². The molecular formula is C13H12FNO4. The quantitative estimate of drug-likeness (QED) is 0.811. The van der Waals surface area contributed by atoms with Gasteiger partial charge in [0.1, 0.15) is 11.1 Å². The molecular weight excluding hydrogens is 253 g/mol. The van der Waals surface area contributed by atoms with Gasteiger partial charge in [-0.1, -0.05) is 0 Å². The third-order valence-electron chi connectivity index (χ3n) is 2.47. The summed E-state index contributed by atoms with van der Waals surface area (Å²) in [5, 5.41) is 12.0. The number of phenols is 1. The summed E-state index contributed by atoms with van der Waals surface area (Å²) in [7, 11) is 0. The van der Waals surface area contributed by atoms with Crippen molar-refractivity contribution in [2.75, 3.05) is 0 Å². The highest BCUT2D eigenvalue weighted by Gasteiger charge is 2.15. The Morgan fingerprint density at radius 1 is 1.37 bits per heavy atom. The molecule has 0 unspecified atom stereocenters. The number of hydrogen-bond acceptors (Lipinski definition) is 4. The zero-order valence-corrected chi connectivity index (χ0v) is 10.4. The van der Waals surface area contributed by atoms with Gasteiger partial charge in [0, 0.05) is 17.5 Å². The van der Waals surface area contributed by atoms with Gasteiger partial charge in [-0.25, -0.2) is 9.18 Å². The molecule has 2 rings (SSSR count). The van der Waals surface area contributed by atoms with E-state index in [1.807, 2.05) is 0 Å². The van der Waals surface area contributed by atoms with Crippen molar-refractivity contribution in [3.05, 3.63) is 40.0 Å². The molecule has 0 atom stereocenters. The van der Waals surface area contributed by atoms with Crippen LogP contribution in [0.3, 0.4) is 0 Å². The first-order valence-electron chi connectivity index (χ1n) is 5.65. The molecule has 19 heavy (non-hydrogen) atoms. The molecule has 0 aliphatic heterocycles. The van der Waals surface area contributed by atoms with Gasteiger partial charge in [-0.05, 0) is 26.0 Å². The van der Waals surface area contributed by atoms with Crippen molar-refractivity contribution in [3.63, 3.8) is 0 Å². The Morgan fingerprint density at radius 3 is 2.68 bits per heavy atom. The van der Waals surface area contributed by atoms with Gasteiger partial charge in [0.05, 0.1) is 0 Å². The number of rotatable bonds is 2. The Hall–Kier alpha value is -2.37. The summed E-state index contributed by atoms with van der Waals surface area (Å²) in [6.07, 6.45) is 0. The number of carbonyl (C=O) groups excluding carboxylic acids is 1. The molecule has 1 amide bonds. The number of phenolic OH excluding ortho intramolecular Hbond substituents is 1. The highest BCUT2D eigenvalue weighted by Crippen LogP contribution is 2.23. The zero-order chi connectivity index (χ0) is 14.2. The minimum atomic E-state index is -0.850. The van der Waals surface area contributed by atoms with E-state index in [1.165, 1.54) is 6.07 Å². The normalized spacial score (nSPS) is 10.9. The fraction of sp³-hybridized carbons (Fsp3) is 0.231. The van der Waals surface area contributed by atoms with E-state index in [0.29, 0.717) is 0 Å². The summed E-state index contributed by atoms with van der Waals surface area (Å²) < 4.78 is 18.1. The molecule has 1 heterocycles. The average Bonchev–Trinajstić information content (AvgIpc) is 2.29. The van der Waals surface area contributed by atoms with E-state index in [-0.39, 0.29) is 22.6 Å². The molecule has 2 N–H and O–H groups in total. The van der Waals surface area contributed by atoms with Crippen LogP contribution in [0.4, 0.5) is 4.39 Å². The molecule has 0 saturated heterocycles. The molecule has 2 aromatic rings. The molecule has 0 aliphatic carbocycles. The van der Waals surface area contributed by atoms with Crippen LogP contribution in [0.25, 0.3) is 11.0 Å². The number of hydrogen-bond donors (Lipinski definition) is 2. The lowest BCUT2D eigenvalue weighted by molar-refractivity contribution is 0.0939. The second kappa shape index (κ2) is 4.72. The number of nitrogens with one attached hydrogen (secondary N) is 1. The monoisotopic (exact) mass is 265 g/mol. The summed E-state index contributed by atoms with van der Waals surface area (Å²) in [5.41, 5.74) is -1.02. The third-order valence-corrected chi connectivity index (χ3v) is 2.47. The minimum absolute atomic E-state index is 0.0185. The Kier molecular flexibility index (Phi) is 3.25. The van der Waals surface area contributed by atoms with Gasteiger partial charge in [0.15, 0.2) is 11.6 Å². The summed E-state index contributed by atoms with van der Waals surface area (Å²) in [6.45, 7) is 3.50. The predicted octanol–water partition coefficient (Wildman–Crippen LogP) is 1.78. The summed E-state index contributed by atoms with van der Waals surface area (Å²) in [6, 6.07) is 3.09. The first-order valence-corrected chi connectivity index (χ1v) is 5.65. The van der Waals surface area contributed by atoms with Crippen LogP contribution in [0.1, 0.15) is 24.2 Å². The van der Waals surface area contributed by atoms with Crippen LogP contribution in [0, 0.1) is 5.82 Å². The highest BCUT2D eigenvalue weighted by atomic mass is 19.1. The first kappa shape index (κ1) is 13.1. The Morgan fingerprint density at radius 2 is 2.05 bits per heavy atom. The Labute approximate surface area is 107 Å². The molecule has 1 aromatic carbocycles. The summed E-state index contributed by atoms with van der Waals surface area (Å²) >= 11 is 0. The SMILES string of the molecule is CC(C)NC(=O)c1cc2cc(F)c(O)cc2oc1=O. The summed E-state index contributed by atoms with van der Waals surface area (Å²) in [5.74, 6) is -2.05. The standard InChI is InChI=1S/C13H12FNO4/c1-6(2)15-12(17)8-3-7-4-9(14)10(16)5-11(7)19-13(8)18/h3-6,16H,1-2H3,(H,15,17). The Balaban J connectivity index is 2.58. The molecule has 0 spiro atoms. The van der Waals surface area contributed by atoms with E-state index in [9.17, 15) is 19.1 Å². The molecule has 6 heteroatoms. The van der Waals surface area contributed by atoms with Crippen LogP contribution in [0.2, 0.25) is 0 Å². The van der Waals surface area contributed by atoms with Gasteiger partial charge in [-0.2, -0.15) is 0 Å². The van der Waals surface area contributed by atoms with E-state index < -0.39 is 23.1 Å². The maximum absolute atomic E-state index is 13.2. The maximum Gasteiger partial charge on any atom is 0.349 e. The number of aromatic hydroxyl groups is 1. The highest BCUT2D eigenvalue weighted by molar-refractivity contribution is 5.96. The van der Waals surface area contributed by atoms with Crippen molar-refractivity contribution in [1.29, 1.82) is 0 Å². The molecule has 100 valence electrons. The van der Waals surface area contributed by atoms with Gasteiger partial charge in [0.25, 0.3) is 5.91 Å². The predicted molar refractivity (Wildman–Crippen MR) is 66.7 cm³/mol. The number of carbonyl (C=O) groups is 1. The van der Waals surface area contributed by atoms with Crippen molar-refractivity contribution in [2.24, 2.45) is 0 Å². The van der Waals surface area contributed by atoms with Gasteiger partial charge >= 0.3 is 5.63 Å². The molecule has 1 aromatic heterocycles. The van der Waals surface area contributed by atoms with Crippen LogP contribution < -0.4 is 10.9 Å². The smallest absolute Gasteiger partial charge is 0.349 e. The lowest BCUT2D eigenvalue weighted by Gasteiger charge is -2.08. The van der Waals surface area contributed by atoms with E-state index in [1.54, 1.807) is 13.8 Å². The first-order chi connectivity index (χ1) is 8.88. The van der Waals surface area contributed by atoms with Crippen LogP contribution in [0.15, 0.2) is 27.4 Å². The molecule has 0 fully saturated rings. The maximum atomic E-state index is 13.2. The van der Waals surface area contributed by atoms with Gasteiger partial charge < -0.3 is 14.8 Å². The molecule has 0 saturated carbocycles. The van der Waals surface area contributed by atoms with Crippen molar-refractivity contribution in [3.8, 4) is 5.75 Å². The van der Waals surface area contributed by atoms with Gasteiger partial charge in [-0.15, -0.1) is 0 Å². The van der Waals surface area contributed by atoms with Crippen LogP contribution in [0.5, 0.6) is 5.75 Å². The second-order valence-electron chi connectivity index (χ2n) is 4.42. The molecule has 0 radical (unpaired) electrons. The van der Waals surface area contributed by atoms with E-state index in [2.05, 4.69) is 5.32 Å². The van der Waals surface area contributed by atoms with Gasteiger partial charge in [-0.3, -0.25) is 4.79 Å². The Bertz CT molecular complexity index is 706. The van der Waals surface area contributed by atoms with Crippen molar-refractivity contribution >= 4 is 16.9 Å². The number of fused-ring (bicyclic) bond motifs is 1. The van der Waals surface area contributed by atoms with Crippen LogP contribution in [-0.2, 0) is 0 Å². The van der Waals surface area contributed by atoms with Gasteiger partial charge in [0.2, 0.25) is 0 Å². The third kappa shape index (κ3) is 2.57. The topological polar surface area (TPSA) is 79.5 Å². The van der Waals surface area contributed by atoms with E-state index in [4.69, 9.17) is 4.42 Å². The van der Waals surface area contributed by atoms with E-state index in [0.717, 1.165) is 12.1 Å². The fourth-order valence-electron chi connectivity index (χ4n) is 1.63.